The van der Waals surface area contributed by atoms with Crippen molar-refractivity contribution < 1.29 is 27.0 Å². The van der Waals surface area contributed by atoms with Gasteiger partial charge in [0.15, 0.2) is 17.4 Å². The number of hydrogen-bond acceptors (Lipinski definition) is 4. The van der Waals surface area contributed by atoms with Crippen LogP contribution in [0.2, 0.25) is 0 Å². The highest BCUT2D eigenvalue weighted by Gasteiger charge is 2.21. The molecule has 31 heavy (non-hydrogen) atoms. The van der Waals surface area contributed by atoms with Gasteiger partial charge in [-0.05, 0) is 30.3 Å². The van der Waals surface area contributed by atoms with Crippen LogP contribution in [0.3, 0.4) is 0 Å². The maximum Gasteiger partial charge on any atom is 0.259 e. The van der Waals surface area contributed by atoms with Gasteiger partial charge in [-0.1, -0.05) is 12.1 Å². The Hall–Kier alpha value is -3.88. The minimum Gasteiger partial charge on any atom is -0.496 e. The number of ether oxygens (including phenoxy) is 2. The Kier molecular flexibility index (Phi) is 5.33. The first kappa shape index (κ1) is 20.4. The van der Waals surface area contributed by atoms with Gasteiger partial charge < -0.3 is 14.5 Å². The molecule has 3 aromatic carbocycles. The highest BCUT2D eigenvalue weighted by Crippen LogP contribution is 2.30. The van der Waals surface area contributed by atoms with Crippen molar-refractivity contribution in [1.29, 1.82) is 0 Å². The summed E-state index contributed by atoms with van der Waals surface area (Å²) in [6.45, 7) is -0.467. The molecule has 1 heterocycles. The summed E-state index contributed by atoms with van der Waals surface area (Å²) in [5, 5.41) is 0.419. The molecule has 5 nitrogen and oxygen atoms in total. The minimum atomic E-state index is -1.64. The van der Waals surface area contributed by atoms with Crippen LogP contribution in [0.4, 0.5) is 17.6 Å². The average molecular weight is 430 g/mol. The number of nitrogens with zero attached hydrogens (tertiary/aromatic N) is 1. The molecule has 0 saturated heterocycles. The van der Waals surface area contributed by atoms with E-state index in [1.54, 1.807) is 36.4 Å². The number of aromatic nitrogens is 2. The van der Waals surface area contributed by atoms with Crippen molar-refractivity contribution in [3.8, 4) is 22.9 Å². The van der Waals surface area contributed by atoms with E-state index in [0.717, 1.165) is 0 Å². The van der Waals surface area contributed by atoms with Gasteiger partial charge in [0.1, 0.15) is 18.2 Å². The number of hydrogen-bond donors (Lipinski definition) is 1. The average Bonchev–Trinajstić information content (AvgIpc) is 2.77. The summed E-state index contributed by atoms with van der Waals surface area (Å²) in [6, 6.07) is 11.6. The van der Waals surface area contributed by atoms with E-state index in [1.165, 1.54) is 13.2 Å². The van der Waals surface area contributed by atoms with E-state index in [1.807, 2.05) is 0 Å². The van der Waals surface area contributed by atoms with Gasteiger partial charge in [0.05, 0.1) is 18.0 Å². The number of halogens is 4. The highest BCUT2D eigenvalue weighted by molar-refractivity contribution is 5.79. The van der Waals surface area contributed by atoms with Crippen LogP contribution >= 0.6 is 0 Å². The number of fused-ring (bicyclic) bond motifs is 1. The summed E-state index contributed by atoms with van der Waals surface area (Å²) in [5.41, 5.74) is 0.913. The lowest BCUT2D eigenvalue weighted by molar-refractivity contribution is 0.257. The Morgan fingerprint density at radius 2 is 1.68 bits per heavy atom. The van der Waals surface area contributed by atoms with Crippen LogP contribution in [-0.2, 0) is 6.61 Å². The maximum atomic E-state index is 13.9. The van der Waals surface area contributed by atoms with Crippen LogP contribution in [0.15, 0.2) is 53.3 Å². The molecule has 0 unspecified atom stereocenters. The molecule has 0 radical (unpaired) electrons. The first-order valence-corrected chi connectivity index (χ1v) is 9.01. The SMILES string of the molecule is COc1ccc(-c2nc3ccccc3c(=O)[nH]2)cc1COc1c(F)c(F)cc(F)c1F. The first-order valence-electron chi connectivity index (χ1n) is 9.01. The van der Waals surface area contributed by atoms with Crippen molar-refractivity contribution in [3.63, 3.8) is 0 Å². The van der Waals surface area contributed by atoms with Crippen LogP contribution in [0.25, 0.3) is 22.3 Å². The van der Waals surface area contributed by atoms with E-state index in [2.05, 4.69) is 9.97 Å². The minimum absolute atomic E-state index is 0.0977. The van der Waals surface area contributed by atoms with Gasteiger partial charge in [0, 0.05) is 17.2 Å². The monoisotopic (exact) mass is 430 g/mol. The molecule has 0 aliphatic carbocycles. The molecule has 1 N–H and O–H groups in total. The van der Waals surface area contributed by atoms with Crippen LogP contribution in [-0.4, -0.2) is 17.1 Å². The quantitative estimate of drug-likeness (QED) is 0.367. The van der Waals surface area contributed by atoms with E-state index in [-0.39, 0.29) is 17.5 Å². The molecule has 0 aliphatic rings. The molecule has 0 bridgehead atoms. The topological polar surface area (TPSA) is 64.2 Å². The molecule has 0 saturated carbocycles. The molecule has 158 valence electrons. The summed E-state index contributed by atoms with van der Waals surface area (Å²) in [6.07, 6.45) is 0. The van der Waals surface area contributed by atoms with Gasteiger partial charge in [-0.3, -0.25) is 4.79 Å². The predicted octanol–water partition coefficient (Wildman–Crippen LogP) is 4.73. The van der Waals surface area contributed by atoms with Gasteiger partial charge in [-0.25, -0.2) is 13.8 Å². The molecular formula is C22H14F4N2O3. The number of nitrogens with one attached hydrogen (secondary N) is 1. The number of methoxy groups -OCH3 is 1. The third-order valence-corrected chi connectivity index (χ3v) is 4.61. The van der Waals surface area contributed by atoms with Crippen molar-refractivity contribution in [1.82, 2.24) is 9.97 Å². The van der Waals surface area contributed by atoms with E-state index in [0.29, 0.717) is 27.8 Å². The molecule has 4 rings (SSSR count). The fourth-order valence-electron chi connectivity index (χ4n) is 3.09. The molecule has 9 heteroatoms. The lowest BCUT2D eigenvalue weighted by Gasteiger charge is -2.13. The van der Waals surface area contributed by atoms with Crippen LogP contribution in [0.1, 0.15) is 5.56 Å². The molecule has 0 aliphatic heterocycles. The summed E-state index contributed by atoms with van der Waals surface area (Å²) in [5.74, 6) is -7.07. The molecule has 0 atom stereocenters. The van der Waals surface area contributed by atoms with Crippen molar-refractivity contribution in [2.45, 2.75) is 6.61 Å². The Balaban J connectivity index is 1.72. The number of aromatic amines is 1. The summed E-state index contributed by atoms with van der Waals surface area (Å²) >= 11 is 0. The fourth-order valence-corrected chi connectivity index (χ4v) is 3.09. The Labute approximate surface area is 172 Å². The molecule has 0 spiro atoms. The smallest absolute Gasteiger partial charge is 0.259 e. The maximum absolute atomic E-state index is 13.9. The first-order chi connectivity index (χ1) is 14.9. The number of para-hydroxylation sites is 1. The molecule has 0 fully saturated rings. The van der Waals surface area contributed by atoms with Crippen molar-refractivity contribution in [2.75, 3.05) is 7.11 Å². The number of benzene rings is 3. The van der Waals surface area contributed by atoms with Gasteiger partial charge >= 0.3 is 0 Å². The third kappa shape index (κ3) is 3.81. The normalized spacial score (nSPS) is 11.0. The lowest BCUT2D eigenvalue weighted by atomic mass is 10.1. The van der Waals surface area contributed by atoms with E-state index in [4.69, 9.17) is 9.47 Å². The zero-order valence-corrected chi connectivity index (χ0v) is 16.0. The van der Waals surface area contributed by atoms with Crippen molar-refractivity contribution >= 4 is 10.9 Å². The Bertz CT molecular complexity index is 1330. The number of rotatable bonds is 5. The second kappa shape index (κ2) is 8.10. The second-order valence-corrected chi connectivity index (χ2v) is 6.54. The highest BCUT2D eigenvalue weighted by atomic mass is 19.2. The van der Waals surface area contributed by atoms with Crippen molar-refractivity contribution in [3.05, 3.63) is 87.7 Å². The summed E-state index contributed by atoms with van der Waals surface area (Å²) in [4.78, 5) is 19.4. The molecule has 0 amide bonds. The number of H-pyrrole nitrogens is 1. The predicted molar refractivity (Wildman–Crippen MR) is 105 cm³/mol. The largest absolute Gasteiger partial charge is 0.496 e. The van der Waals surface area contributed by atoms with E-state index < -0.39 is 35.6 Å². The van der Waals surface area contributed by atoms with Crippen LogP contribution in [0.5, 0.6) is 11.5 Å². The zero-order valence-electron chi connectivity index (χ0n) is 16.0. The van der Waals surface area contributed by atoms with Crippen LogP contribution < -0.4 is 15.0 Å². The van der Waals surface area contributed by atoms with Gasteiger partial charge in [-0.2, -0.15) is 8.78 Å². The third-order valence-electron chi connectivity index (χ3n) is 4.61. The standard InChI is InChI=1S/C22H14F4N2O3/c1-30-17-7-6-11(21-27-16-5-3-2-4-13(16)22(29)28-21)8-12(17)10-31-20-18(25)14(23)9-15(24)19(20)26/h2-9H,10H2,1H3,(H,27,28,29). The zero-order chi connectivity index (χ0) is 22.1. The van der Waals surface area contributed by atoms with E-state index >= 15 is 0 Å². The Morgan fingerprint density at radius 3 is 2.39 bits per heavy atom. The lowest BCUT2D eigenvalue weighted by Crippen LogP contribution is -2.10. The fraction of sp³-hybridized carbons (Fsp3) is 0.0909. The van der Waals surface area contributed by atoms with Gasteiger partial charge in [-0.15, -0.1) is 0 Å². The van der Waals surface area contributed by atoms with Gasteiger partial charge in [0.2, 0.25) is 11.6 Å². The molecule has 1 aromatic heterocycles. The van der Waals surface area contributed by atoms with Crippen molar-refractivity contribution in [2.24, 2.45) is 0 Å². The van der Waals surface area contributed by atoms with E-state index in [9.17, 15) is 22.4 Å². The van der Waals surface area contributed by atoms with Gasteiger partial charge in [0.25, 0.3) is 5.56 Å². The Morgan fingerprint density at radius 1 is 0.968 bits per heavy atom. The summed E-state index contributed by atoms with van der Waals surface area (Å²) in [7, 11) is 1.37. The molecule has 4 aromatic rings. The molecular weight excluding hydrogens is 416 g/mol. The summed E-state index contributed by atoms with van der Waals surface area (Å²) < 4.78 is 64.8. The second-order valence-electron chi connectivity index (χ2n) is 6.54. The van der Waals surface area contributed by atoms with Crippen LogP contribution in [0, 0.1) is 23.3 Å².